The number of amides is 2. The number of piperidine rings is 1. The van der Waals surface area contributed by atoms with E-state index < -0.39 is 16.7 Å². The number of nitro benzene ring substituents is 1. The van der Waals surface area contributed by atoms with Crippen molar-refractivity contribution >= 4 is 28.9 Å². The first kappa shape index (κ1) is 23.1. The Labute approximate surface area is 186 Å². The molecule has 3 rings (SSSR count). The topological polar surface area (TPSA) is 114 Å². The maximum absolute atomic E-state index is 12.5. The molecule has 2 aromatic rings. The molecule has 1 heterocycles. The zero-order chi connectivity index (χ0) is 23.3. The van der Waals surface area contributed by atoms with Gasteiger partial charge in [0, 0.05) is 24.7 Å². The van der Waals surface area contributed by atoms with E-state index in [4.69, 9.17) is 4.74 Å². The highest BCUT2D eigenvalue weighted by molar-refractivity contribution is 6.00. The molecule has 1 fully saturated rings. The standard InChI is InChI=1S/C23H28N4O5/c1-15-6-9-21(32-3)18(11-15)25-22(28)13-24-23(29)17-7-8-19(20(12-17)27(30)31)26-10-4-5-16(2)14-26/h6-9,11-12,16H,4-5,10,13-14H2,1-3H3,(H,24,29)(H,25,28). The third-order valence-corrected chi connectivity index (χ3v) is 5.47. The Morgan fingerprint density at radius 1 is 1.25 bits per heavy atom. The third-order valence-electron chi connectivity index (χ3n) is 5.47. The summed E-state index contributed by atoms with van der Waals surface area (Å²) in [5, 5.41) is 16.9. The number of hydrogen-bond acceptors (Lipinski definition) is 6. The lowest BCUT2D eigenvalue weighted by molar-refractivity contribution is -0.384. The highest BCUT2D eigenvalue weighted by Gasteiger charge is 2.25. The van der Waals surface area contributed by atoms with E-state index in [1.54, 1.807) is 24.3 Å². The minimum atomic E-state index is -0.557. The lowest BCUT2D eigenvalue weighted by atomic mass is 9.99. The summed E-state index contributed by atoms with van der Waals surface area (Å²) < 4.78 is 5.23. The van der Waals surface area contributed by atoms with E-state index in [0.717, 1.165) is 31.5 Å². The predicted octanol–water partition coefficient (Wildman–Crippen LogP) is 3.52. The van der Waals surface area contributed by atoms with Crippen LogP contribution in [0.4, 0.5) is 17.1 Å². The van der Waals surface area contributed by atoms with E-state index in [0.29, 0.717) is 23.0 Å². The maximum Gasteiger partial charge on any atom is 0.293 e. The van der Waals surface area contributed by atoms with Crippen LogP contribution >= 0.6 is 0 Å². The molecule has 2 N–H and O–H groups in total. The SMILES string of the molecule is COc1ccc(C)cc1NC(=O)CNC(=O)c1ccc(N2CCCC(C)C2)c([N+](=O)[O-])c1. The van der Waals surface area contributed by atoms with Crippen LogP contribution in [0.3, 0.4) is 0 Å². The zero-order valence-corrected chi connectivity index (χ0v) is 18.5. The summed E-state index contributed by atoms with van der Waals surface area (Å²) in [5.74, 6) is -0.0286. The molecule has 0 spiro atoms. The smallest absolute Gasteiger partial charge is 0.293 e. The summed E-state index contributed by atoms with van der Waals surface area (Å²) in [6.45, 7) is 5.22. The molecule has 9 heteroatoms. The van der Waals surface area contributed by atoms with Gasteiger partial charge in [-0.25, -0.2) is 0 Å². The van der Waals surface area contributed by atoms with E-state index in [2.05, 4.69) is 17.6 Å². The van der Waals surface area contributed by atoms with Crippen molar-refractivity contribution in [2.24, 2.45) is 5.92 Å². The van der Waals surface area contributed by atoms with Crippen molar-refractivity contribution in [3.05, 3.63) is 57.6 Å². The Kier molecular flexibility index (Phi) is 7.29. The van der Waals surface area contributed by atoms with Gasteiger partial charge in [0.15, 0.2) is 0 Å². The lowest BCUT2D eigenvalue weighted by Crippen LogP contribution is -2.35. The maximum atomic E-state index is 12.5. The van der Waals surface area contributed by atoms with Gasteiger partial charge in [0.05, 0.1) is 24.3 Å². The normalized spacial score (nSPS) is 15.7. The molecule has 0 aliphatic carbocycles. The number of benzene rings is 2. The van der Waals surface area contributed by atoms with Crippen LogP contribution in [0.2, 0.25) is 0 Å². The van der Waals surface area contributed by atoms with Gasteiger partial charge in [-0.05, 0) is 55.5 Å². The zero-order valence-electron chi connectivity index (χ0n) is 18.5. The van der Waals surface area contributed by atoms with Crippen molar-refractivity contribution < 1.29 is 19.2 Å². The summed E-state index contributed by atoms with van der Waals surface area (Å²) in [6, 6.07) is 9.80. The third kappa shape index (κ3) is 5.54. The Morgan fingerprint density at radius 2 is 2.03 bits per heavy atom. The molecule has 2 aromatic carbocycles. The van der Waals surface area contributed by atoms with Gasteiger partial charge < -0.3 is 20.3 Å². The summed E-state index contributed by atoms with van der Waals surface area (Å²) in [6.07, 6.45) is 2.07. The van der Waals surface area contributed by atoms with Gasteiger partial charge in [0.1, 0.15) is 11.4 Å². The summed E-state index contributed by atoms with van der Waals surface area (Å²) >= 11 is 0. The van der Waals surface area contributed by atoms with Crippen molar-refractivity contribution in [1.82, 2.24) is 5.32 Å². The molecule has 1 atom stereocenters. The number of nitro groups is 1. The number of carbonyl (C=O) groups is 2. The van der Waals surface area contributed by atoms with Gasteiger partial charge in [-0.1, -0.05) is 13.0 Å². The first-order valence-electron chi connectivity index (χ1n) is 10.5. The number of hydrogen-bond donors (Lipinski definition) is 2. The number of carbonyl (C=O) groups excluding carboxylic acids is 2. The highest BCUT2D eigenvalue weighted by atomic mass is 16.6. The average molecular weight is 441 g/mol. The average Bonchev–Trinajstić information content (AvgIpc) is 2.77. The number of nitrogens with zero attached hydrogens (tertiary/aromatic N) is 2. The first-order valence-corrected chi connectivity index (χ1v) is 10.5. The molecule has 0 radical (unpaired) electrons. The number of rotatable bonds is 7. The van der Waals surface area contributed by atoms with Crippen molar-refractivity contribution in [1.29, 1.82) is 0 Å². The van der Waals surface area contributed by atoms with Crippen molar-refractivity contribution in [3.8, 4) is 5.75 Å². The second-order valence-electron chi connectivity index (χ2n) is 8.09. The molecular formula is C23H28N4O5. The molecule has 0 bridgehead atoms. The number of aryl methyl sites for hydroxylation is 1. The molecule has 170 valence electrons. The number of methoxy groups -OCH3 is 1. The van der Waals surface area contributed by atoms with Crippen LogP contribution in [0.25, 0.3) is 0 Å². The van der Waals surface area contributed by atoms with Crippen LogP contribution in [0.15, 0.2) is 36.4 Å². The lowest BCUT2D eigenvalue weighted by Gasteiger charge is -2.32. The Bertz CT molecular complexity index is 1020. The Hall–Kier alpha value is -3.62. The molecule has 0 saturated carbocycles. The molecule has 0 aromatic heterocycles. The summed E-state index contributed by atoms with van der Waals surface area (Å²) in [5.41, 5.74) is 1.98. The van der Waals surface area contributed by atoms with Gasteiger partial charge >= 0.3 is 0 Å². The van der Waals surface area contributed by atoms with Crippen LogP contribution in [-0.4, -0.2) is 43.5 Å². The van der Waals surface area contributed by atoms with E-state index in [1.807, 2.05) is 17.9 Å². The quantitative estimate of drug-likeness (QED) is 0.503. The Balaban J connectivity index is 1.67. The van der Waals surface area contributed by atoms with Gasteiger partial charge in [-0.3, -0.25) is 19.7 Å². The van der Waals surface area contributed by atoms with Crippen molar-refractivity contribution in [3.63, 3.8) is 0 Å². The van der Waals surface area contributed by atoms with Crippen LogP contribution in [0, 0.1) is 23.0 Å². The molecular weight excluding hydrogens is 412 g/mol. The monoisotopic (exact) mass is 440 g/mol. The number of ether oxygens (including phenoxy) is 1. The second-order valence-corrected chi connectivity index (χ2v) is 8.09. The van der Waals surface area contributed by atoms with Gasteiger partial charge in [-0.2, -0.15) is 0 Å². The molecule has 1 saturated heterocycles. The van der Waals surface area contributed by atoms with Crippen LogP contribution < -0.4 is 20.3 Å². The fourth-order valence-corrected chi connectivity index (χ4v) is 3.86. The molecule has 32 heavy (non-hydrogen) atoms. The van der Waals surface area contributed by atoms with E-state index in [-0.39, 0.29) is 17.8 Å². The van der Waals surface area contributed by atoms with E-state index in [9.17, 15) is 19.7 Å². The predicted molar refractivity (Wildman–Crippen MR) is 122 cm³/mol. The van der Waals surface area contributed by atoms with Gasteiger partial charge in [0.2, 0.25) is 5.91 Å². The molecule has 9 nitrogen and oxygen atoms in total. The molecule has 1 aliphatic heterocycles. The van der Waals surface area contributed by atoms with Crippen LogP contribution in [-0.2, 0) is 4.79 Å². The van der Waals surface area contributed by atoms with E-state index >= 15 is 0 Å². The fraction of sp³-hybridized carbons (Fsp3) is 0.391. The second kappa shape index (κ2) is 10.1. The van der Waals surface area contributed by atoms with Crippen LogP contribution in [0.1, 0.15) is 35.7 Å². The molecule has 1 aliphatic rings. The Morgan fingerprint density at radius 3 is 2.72 bits per heavy atom. The fourth-order valence-electron chi connectivity index (χ4n) is 3.86. The number of nitrogens with one attached hydrogen (secondary N) is 2. The first-order chi connectivity index (χ1) is 15.3. The summed E-state index contributed by atoms with van der Waals surface area (Å²) in [4.78, 5) is 38.0. The van der Waals surface area contributed by atoms with Crippen molar-refractivity contribution in [2.75, 3.05) is 37.0 Å². The van der Waals surface area contributed by atoms with Gasteiger partial charge in [-0.15, -0.1) is 0 Å². The highest BCUT2D eigenvalue weighted by Crippen LogP contribution is 2.32. The minimum Gasteiger partial charge on any atom is -0.495 e. The van der Waals surface area contributed by atoms with E-state index in [1.165, 1.54) is 13.2 Å². The van der Waals surface area contributed by atoms with Crippen LogP contribution in [0.5, 0.6) is 5.75 Å². The van der Waals surface area contributed by atoms with Crippen molar-refractivity contribution in [2.45, 2.75) is 26.7 Å². The summed E-state index contributed by atoms with van der Waals surface area (Å²) in [7, 11) is 1.50. The largest absolute Gasteiger partial charge is 0.495 e. The molecule has 1 unspecified atom stereocenters. The minimum absolute atomic E-state index is 0.110. The van der Waals surface area contributed by atoms with Gasteiger partial charge in [0.25, 0.3) is 11.6 Å². The number of anilines is 2. The molecule has 2 amide bonds.